The van der Waals surface area contributed by atoms with Crippen molar-refractivity contribution in [1.29, 1.82) is 0 Å². The summed E-state index contributed by atoms with van der Waals surface area (Å²) in [5.74, 6) is -0.458. The van der Waals surface area contributed by atoms with Gasteiger partial charge in [-0.25, -0.2) is 0 Å². The topological polar surface area (TPSA) is 69.6 Å². The predicted octanol–water partition coefficient (Wildman–Crippen LogP) is 3.03. The van der Waals surface area contributed by atoms with Crippen LogP contribution in [0.25, 0.3) is 0 Å². The number of carbonyl (C=O) groups excluding carboxylic acids is 2. The van der Waals surface area contributed by atoms with Gasteiger partial charge in [0, 0.05) is 30.2 Å². The number of halogens is 1. The number of phenols is 1. The monoisotopic (exact) mass is 344 g/mol. The first-order valence-electron chi connectivity index (χ1n) is 7.63. The average molecular weight is 345 g/mol. The molecule has 0 aromatic heterocycles. The molecule has 1 aliphatic heterocycles. The molecule has 0 unspecified atom stereocenters. The van der Waals surface area contributed by atoms with Crippen molar-refractivity contribution in [2.45, 2.75) is 13.0 Å². The molecule has 1 saturated heterocycles. The van der Waals surface area contributed by atoms with Gasteiger partial charge in [0.25, 0.3) is 0 Å². The molecule has 0 bridgehead atoms. The zero-order chi connectivity index (χ0) is 17.1. The molecule has 6 heteroatoms. The molecule has 0 aliphatic carbocycles. The van der Waals surface area contributed by atoms with Gasteiger partial charge in [0.2, 0.25) is 11.8 Å². The van der Waals surface area contributed by atoms with E-state index in [1.54, 1.807) is 29.2 Å². The molecular weight excluding hydrogens is 328 g/mol. The van der Waals surface area contributed by atoms with Gasteiger partial charge in [0.1, 0.15) is 5.75 Å². The van der Waals surface area contributed by atoms with Crippen LogP contribution in [-0.2, 0) is 16.1 Å². The Morgan fingerprint density at radius 3 is 2.50 bits per heavy atom. The summed E-state index contributed by atoms with van der Waals surface area (Å²) >= 11 is 5.86. The fraction of sp³-hybridized carbons (Fsp3) is 0.222. The van der Waals surface area contributed by atoms with Gasteiger partial charge in [-0.3, -0.25) is 9.59 Å². The lowest BCUT2D eigenvalue weighted by Crippen LogP contribution is -2.28. The maximum absolute atomic E-state index is 12.3. The summed E-state index contributed by atoms with van der Waals surface area (Å²) in [5, 5.41) is 12.7. The highest BCUT2D eigenvalue weighted by Gasteiger charge is 2.34. The van der Waals surface area contributed by atoms with Crippen molar-refractivity contribution >= 4 is 29.1 Å². The minimum absolute atomic E-state index is 0.0317. The fourth-order valence-corrected chi connectivity index (χ4v) is 2.83. The Hall–Kier alpha value is -2.53. The van der Waals surface area contributed by atoms with Crippen LogP contribution in [0.2, 0.25) is 5.02 Å². The van der Waals surface area contributed by atoms with E-state index in [2.05, 4.69) is 5.32 Å². The Kier molecular flexibility index (Phi) is 4.71. The number of carbonyl (C=O) groups is 2. The molecule has 0 saturated carbocycles. The number of hydrogen-bond donors (Lipinski definition) is 2. The van der Waals surface area contributed by atoms with Crippen LogP contribution in [0.5, 0.6) is 5.75 Å². The lowest BCUT2D eigenvalue weighted by atomic mass is 10.1. The number of anilines is 1. The van der Waals surface area contributed by atoms with Crippen molar-refractivity contribution < 1.29 is 14.7 Å². The summed E-state index contributed by atoms with van der Waals surface area (Å²) in [7, 11) is 0. The SMILES string of the molecule is O=C(Nc1ccc(O)cc1)[C@H]1CC(=O)N(Cc2ccc(Cl)cc2)C1. The summed E-state index contributed by atoms with van der Waals surface area (Å²) in [5.41, 5.74) is 1.58. The van der Waals surface area contributed by atoms with Crippen LogP contribution >= 0.6 is 11.6 Å². The third-order valence-corrected chi connectivity index (χ3v) is 4.26. The Balaban J connectivity index is 1.60. The van der Waals surface area contributed by atoms with Gasteiger partial charge >= 0.3 is 0 Å². The Morgan fingerprint density at radius 2 is 1.83 bits per heavy atom. The van der Waals surface area contributed by atoms with Gasteiger partial charge in [-0.2, -0.15) is 0 Å². The molecule has 0 radical (unpaired) electrons. The van der Waals surface area contributed by atoms with E-state index < -0.39 is 0 Å². The molecule has 1 atom stereocenters. The van der Waals surface area contributed by atoms with E-state index in [1.165, 1.54) is 12.1 Å². The smallest absolute Gasteiger partial charge is 0.229 e. The number of likely N-dealkylation sites (tertiary alicyclic amines) is 1. The summed E-state index contributed by atoms with van der Waals surface area (Å²) in [6.07, 6.45) is 0.206. The van der Waals surface area contributed by atoms with Crippen molar-refractivity contribution in [1.82, 2.24) is 4.90 Å². The molecule has 5 nitrogen and oxygen atoms in total. The normalized spacial score (nSPS) is 17.1. The summed E-state index contributed by atoms with van der Waals surface area (Å²) in [6.45, 7) is 0.865. The second kappa shape index (κ2) is 6.93. The van der Waals surface area contributed by atoms with Gasteiger partial charge in [0.15, 0.2) is 0 Å². The number of nitrogens with zero attached hydrogens (tertiary/aromatic N) is 1. The van der Waals surface area contributed by atoms with Crippen molar-refractivity contribution in [2.24, 2.45) is 5.92 Å². The van der Waals surface area contributed by atoms with Gasteiger partial charge in [-0.15, -0.1) is 0 Å². The lowest BCUT2D eigenvalue weighted by molar-refractivity contribution is -0.128. The average Bonchev–Trinajstić information content (AvgIpc) is 2.93. The van der Waals surface area contributed by atoms with E-state index in [9.17, 15) is 14.7 Å². The highest BCUT2D eigenvalue weighted by Crippen LogP contribution is 2.23. The van der Waals surface area contributed by atoms with E-state index in [-0.39, 0.29) is 29.9 Å². The molecule has 0 spiro atoms. The Bertz CT molecular complexity index is 744. The number of phenolic OH excluding ortho intramolecular Hbond substituents is 1. The van der Waals surface area contributed by atoms with Gasteiger partial charge < -0.3 is 15.3 Å². The minimum atomic E-state index is -0.376. The maximum Gasteiger partial charge on any atom is 0.229 e. The van der Waals surface area contributed by atoms with Gasteiger partial charge in [-0.05, 0) is 42.0 Å². The number of hydrogen-bond acceptors (Lipinski definition) is 3. The first-order valence-corrected chi connectivity index (χ1v) is 8.01. The van der Waals surface area contributed by atoms with Crippen LogP contribution in [0.4, 0.5) is 5.69 Å². The third-order valence-electron chi connectivity index (χ3n) is 4.01. The van der Waals surface area contributed by atoms with Gasteiger partial charge in [0.05, 0.1) is 5.92 Å². The highest BCUT2D eigenvalue weighted by molar-refractivity contribution is 6.30. The molecule has 1 aliphatic rings. The second-order valence-electron chi connectivity index (χ2n) is 5.84. The number of amides is 2. The van der Waals surface area contributed by atoms with Crippen LogP contribution in [0.15, 0.2) is 48.5 Å². The van der Waals surface area contributed by atoms with Crippen LogP contribution in [0, 0.1) is 5.92 Å². The zero-order valence-corrected chi connectivity index (χ0v) is 13.7. The predicted molar refractivity (Wildman–Crippen MR) is 91.7 cm³/mol. The van der Waals surface area contributed by atoms with E-state index in [4.69, 9.17) is 11.6 Å². The number of aromatic hydroxyl groups is 1. The van der Waals surface area contributed by atoms with Crippen LogP contribution in [-0.4, -0.2) is 28.4 Å². The molecular formula is C18H17ClN2O3. The standard InChI is InChI=1S/C18H17ClN2O3/c19-14-3-1-12(2-4-14)10-21-11-13(9-17(21)23)18(24)20-15-5-7-16(22)8-6-15/h1-8,13,22H,9-11H2,(H,20,24)/t13-/m0/s1. The maximum atomic E-state index is 12.3. The van der Waals surface area contributed by atoms with E-state index in [0.29, 0.717) is 23.8 Å². The molecule has 2 amide bonds. The third kappa shape index (κ3) is 3.86. The number of rotatable bonds is 4. The quantitative estimate of drug-likeness (QED) is 0.838. The van der Waals surface area contributed by atoms with Crippen molar-refractivity contribution in [3.63, 3.8) is 0 Å². The second-order valence-corrected chi connectivity index (χ2v) is 6.27. The first-order chi connectivity index (χ1) is 11.5. The van der Waals surface area contributed by atoms with E-state index >= 15 is 0 Å². The molecule has 3 rings (SSSR count). The summed E-state index contributed by atoms with van der Waals surface area (Å²) in [6, 6.07) is 13.6. The fourth-order valence-electron chi connectivity index (χ4n) is 2.70. The number of nitrogens with one attached hydrogen (secondary N) is 1. The van der Waals surface area contributed by atoms with Crippen LogP contribution in [0.1, 0.15) is 12.0 Å². The van der Waals surface area contributed by atoms with Crippen molar-refractivity contribution in [2.75, 3.05) is 11.9 Å². The van der Waals surface area contributed by atoms with Crippen LogP contribution < -0.4 is 5.32 Å². The molecule has 2 aromatic rings. The van der Waals surface area contributed by atoms with E-state index in [0.717, 1.165) is 5.56 Å². The Morgan fingerprint density at radius 1 is 1.17 bits per heavy atom. The van der Waals surface area contributed by atoms with Crippen molar-refractivity contribution in [3.8, 4) is 5.75 Å². The lowest BCUT2D eigenvalue weighted by Gasteiger charge is -2.16. The molecule has 2 aromatic carbocycles. The summed E-state index contributed by atoms with van der Waals surface area (Å²) < 4.78 is 0. The first kappa shape index (κ1) is 16.3. The molecule has 24 heavy (non-hydrogen) atoms. The zero-order valence-electron chi connectivity index (χ0n) is 12.9. The molecule has 1 heterocycles. The Labute approximate surface area is 144 Å². The molecule has 1 fully saturated rings. The largest absolute Gasteiger partial charge is 0.508 e. The highest BCUT2D eigenvalue weighted by atomic mass is 35.5. The van der Waals surface area contributed by atoms with Gasteiger partial charge in [-0.1, -0.05) is 23.7 Å². The molecule has 2 N–H and O–H groups in total. The summed E-state index contributed by atoms with van der Waals surface area (Å²) in [4.78, 5) is 26.1. The van der Waals surface area contributed by atoms with E-state index in [1.807, 2.05) is 12.1 Å². The van der Waals surface area contributed by atoms with Crippen molar-refractivity contribution in [3.05, 3.63) is 59.1 Å². The number of benzene rings is 2. The molecule has 124 valence electrons. The minimum Gasteiger partial charge on any atom is -0.508 e. The van der Waals surface area contributed by atoms with Crippen LogP contribution in [0.3, 0.4) is 0 Å².